The number of hydrogen-bond donors (Lipinski definition) is 2. The summed E-state index contributed by atoms with van der Waals surface area (Å²) >= 11 is 0. The van der Waals surface area contributed by atoms with Crippen LogP contribution in [0.4, 0.5) is 0 Å². The van der Waals surface area contributed by atoms with E-state index in [2.05, 4.69) is 5.32 Å². The Bertz CT molecular complexity index is 304. The highest BCUT2D eigenvalue weighted by Gasteiger charge is 2.42. The molecular weight excluding hydrogens is 222 g/mol. The van der Waals surface area contributed by atoms with Crippen molar-refractivity contribution < 1.29 is 19.4 Å². The summed E-state index contributed by atoms with van der Waals surface area (Å²) in [7, 11) is 0. The maximum absolute atomic E-state index is 11.8. The third-order valence-electron chi connectivity index (χ3n) is 3.68. The SMILES string of the molecule is O=C(C[C@H]1CCCO1)NC1(C(=O)O)CCCC1. The molecule has 1 amide bonds. The second-order valence-corrected chi connectivity index (χ2v) is 4.98. The van der Waals surface area contributed by atoms with Crippen molar-refractivity contribution >= 4 is 11.9 Å². The standard InChI is InChI=1S/C12H19NO4/c14-10(8-9-4-3-7-17-9)13-12(11(15)16)5-1-2-6-12/h9H,1-8H2,(H,13,14)(H,15,16)/t9-/m1/s1. The number of carbonyl (C=O) groups is 2. The summed E-state index contributed by atoms with van der Waals surface area (Å²) in [5, 5.41) is 11.9. The molecule has 0 spiro atoms. The predicted octanol–water partition coefficient (Wildman–Crippen LogP) is 1.07. The van der Waals surface area contributed by atoms with E-state index in [1.807, 2.05) is 0 Å². The maximum atomic E-state index is 11.8. The van der Waals surface area contributed by atoms with E-state index >= 15 is 0 Å². The first kappa shape index (κ1) is 12.4. The van der Waals surface area contributed by atoms with Gasteiger partial charge in [-0.3, -0.25) is 4.79 Å². The molecule has 2 rings (SSSR count). The zero-order valence-corrected chi connectivity index (χ0v) is 9.91. The minimum Gasteiger partial charge on any atom is -0.480 e. The lowest BCUT2D eigenvalue weighted by Gasteiger charge is -2.25. The molecule has 1 aliphatic carbocycles. The van der Waals surface area contributed by atoms with Gasteiger partial charge in [0.1, 0.15) is 5.54 Å². The largest absolute Gasteiger partial charge is 0.480 e. The molecule has 0 unspecified atom stereocenters. The molecule has 96 valence electrons. The van der Waals surface area contributed by atoms with Gasteiger partial charge >= 0.3 is 5.97 Å². The van der Waals surface area contributed by atoms with Crippen LogP contribution in [0.3, 0.4) is 0 Å². The van der Waals surface area contributed by atoms with Crippen molar-refractivity contribution in [2.24, 2.45) is 0 Å². The Labute approximate surface area is 101 Å². The number of carboxylic acid groups (broad SMARTS) is 1. The van der Waals surface area contributed by atoms with E-state index in [0.717, 1.165) is 25.7 Å². The van der Waals surface area contributed by atoms with Gasteiger partial charge in [0.05, 0.1) is 12.5 Å². The monoisotopic (exact) mass is 241 g/mol. The molecule has 2 N–H and O–H groups in total. The molecule has 0 radical (unpaired) electrons. The second-order valence-electron chi connectivity index (χ2n) is 4.98. The number of rotatable bonds is 4. The molecule has 5 heteroatoms. The Balaban J connectivity index is 1.89. The van der Waals surface area contributed by atoms with E-state index in [0.29, 0.717) is 19.4 Å². The van der Waals surface area contributed by atoms with Crippen LogP contribution in [0.25, 0.3) is 0 Å². The number of carbonyl (C=O) groups excluding carboxylic acids is 1. The quantitative estimate of drug-likeness (QED) is 0.772. The molecule has 0 aromatic rings. The molecule has 2 aliphatic rings. The predicted molar refractivity (Wildman–Crippen MR) is 60.6 cm³/mol. The van der Waals surface area contributed by atoms with Gasteiger partial charge in [0.15, 0.2) is 0 Å². The molecule has 0 aromatic heterocycles. The summed E-state index contributed by atoms with van der Waals surface area (Å²) in [4.78, 5) is 23.1. The van der Waals surface area contributed by atoms with Crippen LogP contribution in [0.1, 0.15) is 44.9 Å². The van der Waals surface area contributed by atoms with E-state index in [9.17, 15) is 14.7 Å². The zero-order valence-electron chi connectivity index (χ0n) is 9.91. The molecule has 0 bridgehead atoms. The van der Waals surface area contributed by atoms with Crippen molar-refractivity contribution in [1.29, 1.82) is 0 Å². The summed E-state index contributed by atoms with van der Waals surface area (Å²) in [6, 6.07) is 0. The van der Waals surface area contributed by atoms with E-state index in [1.54, 1.807) is 0 Å². The molecule has 1 aliphatic heterocycles. The van der Waals surface area contributed by atoms with Gasteiger partial charge in [0, 0.05) is 6.61 Å². The third kappa shape index (κ3) is 2.77. The van der Waals surface area contributed by atoms with Crippen molar-refractivity contribution in [2.75, 3.05) is 6.61 Å². The first-order valence-electron chi connectivity index (χ1n) is 6.28. The second kappa shape index (κ2) is 5.04. The normalized spacial score (nSPS) is 26.9. The number of nitrogens with one attached hydrogen (secondary N) is 1. The Morgan fingerprint density at radius 3 is 2.53 bits per heavy atom. The molecule has 1 atom stereocenters. The molecule has 1 heterocycles. The number of aliphatic carboxylic acids is 1. The van der Waals surface area contributed by atoms with Crippen molar-refractivity contribution in [2.45, 2.75) is 56.6 Å². The zero-order chi connectivity index (χ0) is 12.3. The molecule has 1 saturated heterocycles. The van der Waals surface area contributed by atoms with Gasteiger partial charge in [-0.1, -0.05) is 12.8 Å². The lowest BCUT2D eigenvalue weighted by Crippen LogP contribution is -2.53. The van der Waals surface area contributed by atoms with Gasteiger partial charge in [-0.05, 0) is 25.7 Å². The molecule has 5 nitrogen and oxygen atoms in total. The van der Waals surface area contributed by atoms with E-state index in [4.69, 9.17) is 4.74 Å². The van der Waals surface area contributed by atoms with Crippen molar-refractivity contribution in [3.63, 3.8) is 0 Å². The lowest BCUT2D eigenvalue weighted by atomic mass is 9.97. The number of ether oxygens (including phenoxy) is 1. The van der Waals surface area contributed by atoms with Gasteiger partial charge in [-0.2, -0.15) is 0 Å². The highest BCUT2D eigenvalue weighted by atomic mass is 16.5. The van der Waals surface area contributed by atoms with Gasteiger partial charge in [-0.25, -0.2) is 4.79 Å². The van der Waals surface area contributed by atoms with Crippen LogP contribution >= 0.6 is 0 Å². The Morgan fingerprint density at radius 1 is 1.29 bits per heavy atom. The average Bonchev–Trinajstić information content (AvgIpc) is 2.89. The van der Waals surface area contributed by atoms with Crippen LogP contribution in [0, 0.1) is 0 Å². The maximum Gasteiger partial charge on any atom is 0.329 e. The Hall–Kier alpha value is -1.10. The van der Waals surface area contributed by atoms with Crippen LogP contribution in [-0.4, -0.2) is 35.2 Å². The smallest absolute Gasteiger partial charge is 0.329 e. The molecule has 17 heavy (non-hydrogen) atoms. The number of hydrogen-bond acceptors (Lipinski definition) is 3. The summed E-state index contributed by atoms with van der Waals surface area (Å²) in [6.45, 7) is 0.710. The Kier molecular flexibility index (Phi) is 3.66. The highest BCUT2D eigenvalue weighted by Crippen LogP contribution is 2.30. The van der Waals surface area contributed by atoms with Crippen molar-refractivity contribution in [1.82, 2.24) is 5.32 Å². The fourth-order valence-electron chi connectivity index (χ4n) is 2.70. The minimum absolute atomic E-state index is 0.0257. The Morgan fingerprint density at radius 2 is 2.00 bits per heavy atom. The van der Waals surface area contributed by atoms with E-state index < -0.39 is 11.5 Å². The van der Waals surface area contributed by atoms with Gasteiger partial charge in [0.2, 0.25) is 5.91 Å². The fourth-order valence-corrected chi connectivity index (χ4v) is 2.70. The van der Waals surface area contributed by atoms with Crippen molar-refractivity contribution in [3.8, 4) is 0 Å². The summed E-state index contributed by atoms with van der Waals surface area (Å²) in [5.41, 5.74) is -1.02. The summed E-state index contributed by atoms with van der Waals surface area (Å²) < 4.78 is 5.37. The molecular formula is C12H19NO4. The van der Waals surface area contributed by atoms with Crippen LogP contribution in [0.2, 0.25) is 0 Å². The average molecular weight is 241 g/mol. The first-order chi connectivity index (χ1) is 8.12. The van der Waals surface area contributed by atoms with Crippen molar-refractivity contribution in [3.05, 3.63) is 0 Å². The number of amides is 1. The van der Waals surface area contributed by atoms with E-state index in [-0.39, 0.29) is 18.4 Å². The van der Waals surface area contributed by atoms with Crippen LogP contribution in [-0.2, 0) is 14.3 Å². The number of carboxylic acids is 1. The third-order valence-corrected chi connectivity index (χ3v) is 3.68. The van der Waals surface area contributed by atoms with Gasteiger partial charge < -0.3 is 15.2 Å². The van der Waals surface area contributed by atoms with E-state index in [1.165, 1.54) is 0 Å². The summed E-state index contributed by atoms with van der Waals surface area (Å²) in [5.74, 6) is -1.10. The van der Waals surface area contributed by atoms with Crippen LogP contribution < -0.4 is 5.32 Å². The van der Waals surface area contributed by atoms with Crippen LogP contribution in [0.15, 0.2) is 0 Å². The molecule has 2 fully saturated rings. The van der Waals surface area contributed by atoms with Gasteiger partial charge in [-0.15, -0.1) is 0 Å². The van der Waals surface area contributed by atoms with Crippen LogP contribution in [0.5, 0.6) is 0 Å². The molecule has 0 aromatic carbocycles. The molecule has 1 saturated carbocycles. The minimum atomic E-state index is -1.02. The fraction of sp³-hybridized carbons (Fsp3) is 0.833. The lowest BCUT2D eigenvalue weighted by molar-refractivity contribution is -0.147. The highest BCUT2D eigenvalue weighted by molar-refractivity contribution is 5.87. The first-order valence-corrected chi connectivity index (χ1v) is 6.28. The topological polar surface area (TPSA) is 75.6 Å². The van der Waals surface area contributed by atoms with Gasteiger partial charge in [0.25, 0.3) is 0 Å². The summed E-state index contributed by atoms with van der Waals surface area (Å²) in [6.07, 6.45) is 4.96.